The van der Waals surface area contributed by atoms with Gasteiger partial charge in [0.15, 0.2) is 6.61 Å². The molecule has 1 aliphatic heterocycles. The molecule has 1 heterocycles. The van der Waals surface area contributed by atoms with Gasteiger partial charge in [0.2, 0.25) is 0 Å². The average molecular weight is 345 g/mol. The number of hydrogen-bond donors (Lipinski definition) is 1. The van der Waals surface area contributed by atoms with Crippen LogP contribution in [0.3, 0.4) is 0 Å². The predicted molar refractivity (Wildman–Crippen MR) is 89.9 cm³/mol. The maximum atomic E-state index is 11.9. The Kier molecular flexibility index (Phi) is 6.80. The number of amides is 1. The summed E-state index contributed by atoms with van der Waals surface area (Å²) in [5.41, 5.74) is 0. The first-order chi connectivity index (χ1) is 10.6. The quantitative estimate of drug-likeness (QED) is 0.824. The van der Waals surface area contributed by atoms with Gasteiger partial charge >= 0.3 is 0 Å². The van der Waals surface area contributed by atoms with E-state index in [-0.39, 0.29) is 12.5 Å². The molecule has 0 aliphatic carbocycles. The Hall–Kier alpha value is -0.970. The van der Waals surface area contributed by atoms with Gasteiger partial charge in [-0.05, 0) is 44.5 Å². The van der Waals surface area contributed by atoms with Crippen molar-refractivity contribution < 1.29 is 9.53 Å². The van der Waals surface area contributed by atoms with Crippen molar-refractivity contribution in [3.05, 3.63) is 28.2 Å². The molecule has 0 aromatic heterocycles. The zero-order chi connectivity index (χ0) is 15.9. The first-order valence-electron chi connectivity index (χ1n) is 7.68. The van der Waals surface area contributed by atoms with Gasteiger partial charge in [0.1, 0.15) is 5.75 Å². The number of likely N-dealkylation sites (tertiary alicyclic amines) is 1. The number of carbonyl (C=O) groups excluding carboxylic acids is 1. The summed E-state index contributed by atoms with van der Waals surface area (Å²) in [5, 5.41) is 3.83. The van der Waals surface area contributed by atoms with Gasteiger partial charge in [0.05, 0.1) is 10.0 Å². The van der Waals surface area contributed by atoms with Crippen LogP contribution in [0.4, 0.5) is 0 Å². The largest absolute Gasteiger partial charge is 0.484 e. The van der Waals surface area contributed by atoms with Crippen LogP contribution in [-0.4, -0.2) is 43.1 Å². The molecular weight excluding hydrogens is 323 g/mol. The van der Waals surface area contributed by atoms with E-state index in [1.165, 1.54) is 12.8 Å². The molecule has 1 aromatic carbocycles. The summed E-state index contributed by atoms with van der Waals surface area (Å²) in [6, 6.07) is 5.37. The molecule has 1 amide bonds. The third-order valence-electron chi connectivity index (χ3n) is 3.92. The molecule has 1 aromatic rings. The van der Waals surface area contributed by atoms with Gasteiger partial charge in [-0.15, -0.1) is 0 Å². The minimum atomic E-state index is -0.122. The summed E-state index contributed by atoms with van der Waals surface area (Å²) in [4.78, 5) is 14.3. The van der Waals surface area contributed by atoms with Gasteiger partial charge in [-0.1, -0.05) is 30.1 Å². The van der Waals surface area contributed by atoms with Gasteiger partial charge in [-0.25, -0.2) is 0 Å². The van der Waals surface area contributed by atoms with Crippen LogP contribution in [0.2, 0.25) is 10.0 Å². The number of rotatable bonds is 7. The Morgan fingerprint density at radius 3 is 2.68 bits per heavy atom. The molecular formula is C16H22Cl2N2O2. The van der Waals surface area contributed by atoms with Gasteiger partial charge < -0.3 is 10.1 Å². The zero-order valence-corrected chi connectivity index (χ0v) is 14.3. The first-order valence-corrected chi connectivity index (χ1v) is 8.44. The van der Waals surface area contributed by atoms with Crippen molar-refractivity contribution in [2.75, 3.05) is 26.2 Å². The average Bonchev–Trinajstić information content (AvgIpc) is 3.03. The summed E-state index contributed by atoms with van der Waals surface area (Å²) in [6.45, 7) is 5.07. The topological polar surface area (TPSA) is 41.6 Å². The maximum absolute atomic E-state index is 11.9. The van der Waals surface area contributed by atoms with E-state index in [1.54, 1.807) is 18.2 Å². The molecule has 1 unspecified atom stereocenters. The van der Waals surface area contributed by atoms with Crippen LogP contribution in [0.5, 0.6) is 5.75 Å². The zero-order valence-electron chi connectivity index (χ0n) is 12.8. The van der Waals surface area contributed by atoms with Crippen LogP contribution in [-0.2, 0) is 4.79 Å². The van der Waals surface area contributed by atoms with Crippen molar-refractivity contribution in [3.8, 4) is 5.75 Å². The molecule has 1 saturated heterocycles. The van der Waals surface area contributed by atoms with Gasteiger partial charge in [-0.3, -0.25) is 9.69 Å². The summed E-state index contributed by atoms with van der Waals surface area (Å²) >= 11 is 11.7. The SMILES string of the molecule is CCC(CNC(=O)COc1ccc(Cl)c(Cl)c1)N1CCCC1. The molecule has 1 atom stereocenters. The second-order valence-corrected chi connectivity index (χ2v) is 6.29. The number of carbonyl (C=O) groups is 1. The number of halogens is 2. The second-order valence-electron chi connectivity index (χ2n) is 5.47. The normalized spacial score (nSPS) is 16.5. The fraction of sp³-hybridized carbons (Fsp3) is 0.562. The number of hydrogen-bond acceptors (Lipinski definition) is 3. The third kappa shape index (κ3) is 5.04. The highest BCUT2D eigenvalue weighted by Crippen LogP contribution is 2.26. The van der Waals surface area contributed by atoms with Crippen molar-refractivity contribution in [2.24, 2.45) is 0 Å². The van der Waals surface area contributed by atoms with Crippen molar-refractivity contribution in [2.45, 2.75) is 32.2 Å². The summed E-state index contributed by atoms with van der Waals surface area (Å²) < 4.78 is 5.43. The highest BCUT2D eigenvalue weighted by atomic mass is 35.5. The molecule has 1 aliphatic rings. The lowest BCUT2D eigenvalue weighted by Gasteiger charge is -2.26. The van der Waals surface area contributed by atoms with E-state index in [0.717, 1.165) is 19.5 Å². The predicted octanol–water partition coefficient (Wildman–Crippen LogP) is 3.36. The van der Waals surface area contributed by atoms with Crippen LogP contribution < -0.4 is 10.1 Å². The lowest BCUT2D eigenvalue weighted by atomic mass is 10.2. The molecule has 22 heavy (non-hydrogen) atoms. The van der Waals surface area contributed by atoms with Gasteiger partial charge in [0.25, 0.3) is 5.91 Å². The fourth-order valence-corrected chi connectivity index (χ4v) is 2.92. The van der Waals surface area contributed by atoms with E-state index in [9.17, 15) is 4.79 Å². The molecule has 4 nitrogen and oxygen atoms in total. The number of nitrogens with one attached hydrogen (secondary N) is 1. The third-order valence-corrected chi connectivity index (χ3v) is 4.66. The minimum Gasteiger partial charge on any atom is -0.484 e. The van der Waals surface area contributed by atoms with Crippen molar-refractivity contribution in [1.82, 2.24) is 10.2 Å². The maximum Gasteiger partial charge on any atom is 0.257 e. The van der Waals surface area contributed by atoms with Crippen LogP contribution in [0.25, 0.3) is 0 Å². The number of nitrogens with zero attached hydrogens (tertiary/aromatic N) is 1. The molecule has 2 rings (SSSR count). The molecule has 1 fully saturated rings. The Labute approximate surface area is 141 Å². The number of ether oxygens (including phenoxy) is 1. The Morgan fingerprint density at radius 2 is 2.05 bits per heavy atom. The highest BCUT2D eigenvalue weighted by molar-refractivity contribution is 6.42. The van der Waals surface area contributed by atoms with E-state index in [1.807, 2.05) is 0 Å². The Balaban J connectivity index is 1.73. The van der Waals surface area contributed by atoms with Crippen molar-refractivity contribution >= 4 is 29.1 Å². The molecule has 6 heteroatoms. The molecule has 0 saturated carbocycles. The summed E-state index contributed by atoms with van der Waals surface area (Å²) in [7, 11) is 0. The standard InChI is InChI=1S/C16H22Cl2N2O2/c1-2-12(20-7-3-4-8-20)10-19-16(21)11-22-13-5-6-14(17)15(18)9-13/h5-6,9,12H,2-4,7-8,10-11H2,1H3,(H,19,21). The smallest absolute Gasteiger partial charge is 0.257 e. The minimum absolute atomic E-state index is 0.0194. The lowest BCUT2D eigenvalue weighted by molar-refractivity contribution is -0.123. The van der Waals surface area contributed by atoms with Crippen LogP contribution in [0.15, 0.2) is 18.2 Å². The molecule has 0 spiro atoms. The Bertz CT molecular complexity index is 505. The first kappa shape index (κ1) is 17.4. The molecule has 0 bridgehead atoms. The molecule has 1 N–H and O–H groups in total. The summed E-state index contributed by atoms with van der Waals surface area (Å²) in [6.07, 6.45) is 3.55. The second kappa shape index (κ2) is 8.61. The number of benzene rings is 1. The molecule has 0 radical (unpaired) electrons. The van der Waals surface area contributed by atoms with Crippen LogP contribution >= 0.6 is 23.2 Å². The van der Waals surface area contributed by atoms with E-state index >= 15 is 0 Å². The Morgan fingerprint density at radius 1 is 1.32 bits per heavy atom. The van der Waals surface area contributed by atoms with Crippen molar-refractivity contribution in [1.29, 1.82) is 0 Å². The van der Waals surface area contributed by atoms with Crippen molar-refractivity contribution in [3.63, 3.8) is 0 Å². The summed E-state index contributed by atoms with van der Waals surface area (Å²) in [5.74, 6) is 0.417. The van der Waals surface area contributed by atoms with Crippen LogP contribution in [0, 0.1) is 0 Å². The van der Waals surface area contributed by atoms with Crippen LogP contribution in [0.1, 0.15) is 26.2 Å². The van der Waals surface area contributed by atoms with E-state index in [4.69, 9.17) is 27.9 Å². The fourth-order valence-electron chi connectivity index (χ4n) is 2.64. The van der Waals surface area contributed by atoms with Gasteiger partial charge in [0, 0.05) is 18.7 Å². The highest BCUT2D eigenvalue weighted by Gasteiger charge is 2.20. The van der Waals surface area contributed by atoms with E-state index in [0.29, 0.717) is 28.4 Å². The molecule has 122 valence electrons. The van der Waals surface area contributed by atoms with E-state index in [2.05, 4.69) is 17.1 Å². The van der Waals surface area contributed by atoms with Gasteiger partial charge in [-0.2, -0.15) is 0 Å². The lowest BCUT2D eigenvalue weighted by Crippen LogP contribution is -2.43. The monoisotopic (exact) mass is 344 g/mol. The van der Waals surface area contributed by atoms with E-state index < -0.39 is 0 Å².